The number of nitrogens with zero attached hydrogens (tertiary/aromatic N) is 1. The highest BCUT2D eigenvalue weighted by molar-refractivity contribution is 5.72. The Hall–Kier alpha value is -1.91. The number of nitro benzene ring substituents is 1. The first-order valence-electron chi connectivity index (χ1n) is 5.86. The molecule has 1 rings (SSSR count). The summed E-state index contributed by atoms with van der Waals surface area (Å²) in [5.41, 5.74) is 1.80. The maximum atomic E-state index is 11.5. The summed E-state index contributed by atoms with van der Waals surface area (Å²) in [4.78, 5) is 21.8. The molecule has 18 heavy (non-hydrogen) atoms. The van der Waals surface area contributed by atoms with E-state index in [9.17, 15) is 14.9 Å². The SMILES string of the molecule is CCOC(=O)C(C)Cc1cc([N+](=O)[O-])ccc1C. The fraction of sp³-hybridized carbons (Fsp3) is 0.462. The molecule has 0 amide bonds. The normalized spacial score (nSPS) is 11.9. The van der Waals surface area contributed by atoms with Gasteiger partial charge >= 0.3 is 5.97 Å². The summed E-state index contributed by atoms with van der Waals surface area (Å²) in [6.45, 7) is 5.73. The second kappa shape index (κ2) is 6.14. The number of benzene rings is 1. The predicted molar refractivity (Wildman–Crippen MR) is 67.3 cm³/mol. The number of rotatable bonds is 5. The lowest BCUT2D eigenvalue weighted by atomic mass is 9.97. The van der Waals surface area contributed by atoms with Gasteiger partial charge in [-0.3, -0.25) is 14.9 Å². The highest BCUT2D eigenvalue weighted by atomic mass is 16.6. The average Bonchev–Trinajstić information content (AvgIpc) is 2.31. The number of ether oxygens (including phenoxy) is 1. The van der Waals surface area contributed by atoms with Crippen molar-refractivity contribution in [1.29, 1.82) is 0 Å². The van der Waals surface area contributed by atoms with Crippen LogP contribution in [0.15, 0.2) is 18.2 Å². The van der Waals surface area contributed by atoms with E-state index in [1.54, 1.807) is 19.9 Å². The van der Waals surface area contributed by atoms with Crippen molar-refractivity contribution in [2.45, 2.75) is 27.2 Å². The van der Waals surface area contributed by atoms with Crippen LogP contribution in [0.1, 0.15) is 25.0 Å². The maximum absolute atomic E-state index is 11.5. The summed E-state index contributed by atoms with van der Waals surface area (Å²) < 4.78 is 4.92. The fourth-order valence-electron chi connectivity index (χ4n) is 1.69. The topological polar surface area (TPSA) is 69.4 Å². The fourth-order valence-corrected chi connectivity index (χ4v) is 1.69. The van der Waals surface area contributed by atoms with Crippen LogP contribution in [0.25, 0.3) is 0 Å². The van der Waals surface area contributed by atoms with E-state index in [1.807, 2.05) is 6.92 Å². The van der Waals surface area contributed by atoms with Crippen molar-refractivity contribution in [1.82, 2.24) is 0 Å². The number of aryl methyl sites for hydroxylation is 1. The minimum Gasteiger partial charge on any atom is -0.466 e. The second-order valence-corrected chi connectivity index (χ2v) is 4.23. The number of nitro groups is 1. The van der Waals surface area contributed by atoms with E-state index >= 15 is 0 Å². The number of carbonyl (C=O) groups excluding carboxylic acids is 1. The van der Waals surface area contributed by atoms with Crippen molar-refractivity contribution in [3.63, 3.8) is 0 Å². The van der Waals surface area contributed by atoms with E-state index in [2.05, 4.69) is 0 Å². The molecule has 0 fully saturated rings. The lowest BCUT2D eigenvalue weighted by Crippen LogP contribution is -2.17. The second-order valence-electron chi connectivity index (χ2n) is 4.23. The number of esters is 1. The summed E-state index contributed by atoms with van der Waals surface area (Å²) >= 11 is 0. The molecular weight excluding hydrogens is 234 g/mol. The number of non-ortho nitro benzene ring substituents is 1. The van der Waals surface area contributed by atoms with E-state index in [0.29, 0.717) is 13.0 Å². The Morgan fingerprint density at radius 2 is 2.17 bits per heavy atom. The molecule has 0 aromatic heterocycles. The summed E-state index contributed by atoms with van der Waals surface area (Å²) in [6.07, 6.45) is 0.451. The molecule has 0 aliphatic rings. The third kappa shape index (κ3) is 3.55. The highest BCUT2D eigenvalue weighted by Gasteiger charge is 2.17. The van der Waals surface area contributed by atoms with Crippen molar-refractivity contribution in [2.24, 2.45) is 5.92 Å². The largest absolute Gasteiger partial charge is 0.466 e. The monoisotopic (exact) mass is 251 g/mol. The number of carbonyl (C=O) groups is 1. The third-order valence-corrected chi connectivity index (χ3v) is 2.76. The van der Waals surface area contributed by atoms with Crippen LogP contribution in [0.2, 0.25) is 0 Å². The van der Waals surface area contributed by atoms with Crippen LogP contribution in [0.5, 0.6) is 0 Å². The molecule has 0 bridgehead atoms. The first kappa shape index (κ1) is 14.2. The van der Waals surface area contributed by atoms with Gasteiger partial charge in [0.15, 0.2) is 0 Å². The van der Waals surface area contributed by atoms with Crippen molar-refractivity contribution in [3.05, 3.63) is 39.4 Å². The van der Waals surface area contributed by atoms with E-state index in [0.717, 1.165) is 11.1 Å². The Kier molecular flexibility index (Phi) is 4.83. The third-order valence-electron chi connectivity index (χ3n) is 2.76. The summed E-state index contributed by atoms with van der Waals surface area (Å²) in [5, 5.41) is 10.7. The van der Waals surface area contributed by atoms with Gasteiger partial charge in [0, 0.05) is 12.1 Å². The van der Waals surface area contributed by atoms with Gasteiger partial charge in [-0.15, -0.1) is 0 Å². The molecule has 0 saturated heterocycles. The van der Waals surface area contributed by atoms with Gasteiger partial charge in [0.1, 0.15) is 0 Å². The number of hydrogen-bond donors (Lipinski definition) is 0. The minimum absolute atomic E-state index is 0.0478. The maximum Gasteiger partial charge on any atom is 0.308 e. The molecule has 0 N–H and O–H groups in total. The smallest absolute Gasteiger partial charge is 0.308 e. The van der Waals surface area contributed by atoms with Crippen LogP contribution in [-0.4, -0.2) is 17.5 Å². The minimum atomic E-state index is -0.433. The van der Waals surface area contributed by atoms with Gasteiger partial charge in [-0.2, -0.15) is 0 Å². The molecule has 1 aromatic rings. The average molecular weight is 251 g/mol. The highest BCUT2D eigenvalue weighted by Crippen LogP contribution is 2.20. The molecule has 98 valence electrons. The van der Waals surface area contributed by atoms with Gasteiger partial charge < -0.3 is 4.74 Å². The Bertz CT molecular complexity index is 456. The van der Waals surface area contributed by atoms with E-state index < -0.39 is 4.92 Å². The standard InChI is InChI=1S/C13H17NO4/c1-4-18-13(15)10(3)7-11-8-12(14(16)17)6-5-9(11)2/h5-6,8,10H,4,7H2,1-3H3. The quantitative estimate of drug-likeness (QED) is 0.458. The first-order chi connectivity index (χ1) is 8.45. The molecule has 0 heterocycles. The molecule has 5 heteroatoms. The van der Waals surface area contributed by atoms with E-state index in [1.165, 1.54) is 12.1 Å². The zero-order chi connectivity index (χ0) is 13.7. The molecule has 1 unspecified atom stereocenters. The Morgan fingerprint density at radius 3 is 2.72 bits per heavy atom. The summed E-state index contributed by atoms with van der Waals surface area (Å²) in [5.74, 6) is -0.575. The molecule has 0 spiro atoms. The van der Waals surface area contributed by atoms with Crippen LogP contribution in [-0.2, 0) is 16.0 Å². The lowest BCUT2D eigenvalue weighted by Gasteiger charge is -2.12. The molecule has 0 aliphatic carbocycles. The summed E-state index contributed by atoms with van der Waals surface area (Å²) in [6, 6.07) is 4.68. The van der Waals surface area contributed by atoms with Gasteiger partial charge in [-0.05, 0) is 31.4 Å². The zero-order valence-corrected chi connectivity index (χ0v) is 10.8. The number of hydrogen-bond acceptors (Lipinski definition) is 4. The first-order valence-corrected chi connectivity index (χ1v) is 5.86. The Labute approximate surface area is 106 Å². The predicted octanol–water partition coefficient (Wildman–Crippen LogP) is 2.64. The summed E-state index contributed by atoms with van der Waals surface area (Å²) in [7, 11) is 0. The van der Waals surface area contributed by atoms with Gasteiger partial charge in [-0.1, -0.05) is 13.0 Å². The molecule has 1 atom stereocenters. The van der Waals surface area contributed by atoms with Crippen LogP contribution in [0.3, 0.4) is 0 Å². The van der Waals surface area contributed by atoms with Crippen molar-refractivity contribution in [2.75, 3.05) is 6.61 Å². The molecule has 5 nitrogen and oxygen atoms in total. The van der Waals surface area contributed by atoms with Gasteiger partial charge in [0.05, 0.1) is 17.4 Å². The zero-order valence-electron chi connectivity index (χ0n) is 10.8. The van der Waals surface area contributed by atoms with Gasteiger partial charge in [0.25, 0.3) is 5.69 Å². The van der Waals surface area contributed by atoms with Crippen LogP contribution in [0, 0.1) is 23.0 Å². The Morgan fingerprint density at radius 1 is 1.50 bits per heavy atom. The van der Waals surface area contributed by atoms with Crippen molar-refractivity contribution >= 4 is 11.7 Å². The van der Waals surface area contributed by atoms with Crippen LogP contribution < -0.4 is 0 Å². The van der Waals surface area contributed by atoms with E-state index in [4.69, 9.17) is 4.74 Å². The lowest BCUT2D eigenvalue weighted by molar-refractivity contribution is -0.384. The molecule has 0 radical (unpaired) electrons. The van der Waals surface area contributed by atoms with Gasteiger partial charge in [0.2, 0.25) is 0 Å². The molecule has 0 saturated carbocycles. The molecular formula is C13H17NO4. The van der Waals surface area contributed by atoms with Crippen molar-refractivity contribution < 1.29 is 14.5 Å². The van der Waals surface area contributed by atoms with E-state index in [-0.39, 0.29) is 17.6 Å². The van der Waals surface area contributed by atoms with Crippen LogP contribution in [0.4, 0.5) is 5.69 Å². The van der Waals surface area contributed by atoms with Crippen molar-refractivity contribution in [3.8, 4) is 0 Å². The van der Waals surface area contributed by atoms with Crippen LogP contribution >= 0.6 is 0 Å². The molecule has 1 aromatic carbocycles. The molecule has 0 aliphatic heterocycles. The van der Waals surface area contributed by atoms with Gasteiger partial charge in [-0.25, -0.2) is 0 Å². The Balaban J connectivity index is 2.86.